The lowest BCUT2D eigenvalue weighted by molar-refractivity contribution is 1.07. The van der Waals surface area contributed by atoms with Gasteiger partial charge < -0.3 is 0 Å². The largest absolute Gasteiger partial charge is 0.288 e. The fourth-order valence-electron chi connectivity index (χ4n) is 1.61. The predicted molar refractivity (Wildman–Crippen MR) is 76.9 cm³/mol. The van der Waals surface area contributed by atoms with Gasteiger partial charge in [-0.2, -0.15) is 11.2 Å². The van der Waals surface area contributed by atoms with Crippen molar-refractivity contribution in [3.8, 4) is 0 Å². The van der Waals surface area contributed by atoms with Crippen molar-refractivity contribution in [2.24, 2.45) is 4.99 Å². The van der Waals surface area contributed by atoms with Crippen LogP contribution in [0.25, 0.3) is 0 Å². The van der Waals surface area contributed by atoms with Crippen molar-refractivity contribution in [2.45, 2.75) is 37.9 Å². The number of hydrogen-bond donors (Lipinski definition) is 0. The highest BCUT2D eigenvalue weighted by Crippen LogP contribution is 2.38. The van der Waals surface area contributed by atoms with E-state index < -0.39 is 7.22 Å². The Labute approximate surface area is 103 Å². The van der Waals surface area contributed by atoms with E-state index in [1.165, 1.54) is 17.7 Å². The van der Waals surface area contributed by atoms with E-state index in [1.54, 1.807) is 0 Å². The van der Waals surface area contributed by atoms with Crippen molar-refractivity contribution < 1.29 is 0 Å². The van der Waals surface area contributed by atoms with Crippen LogP contribution in [0.3, 0.4) is 0 Å². The van der Waals surface area contributed by atoms with Gasteiger partial charge in [-0.15, -0.1) is 0 Å². The molecule has 0 aromatic heterocycles. The Bertz CT molecular complexity index is 381. The maximum absolute atomic E-state index is 4.69. The Morgan fingerprint density at radius 2 is 1.94 bits per heavy atom. The van der Waals surface area contributed by atoms with Crippen molar-refractivity contribution in [3.05, 3.63) is 35.9 Å². The molecule has 0 aliphatic heterocycles. The van der Waals surface area contributed by atoms with Crippen molar-refractivity contribution >= 4 is 24.1 Å². The first-order chi connectivity index (χ1) is 7.54. The second-order valence-electron chi connectivity index (χ2n) is 5.22. The van der Waals surface area contributed by atoms with Crippen molar-refractivity contribution in [1.82, 2.24) is 0 Å². The van der Waals surface area contributed by atoms with Crippen LogP contribution >= 0.6 is 11.2 Å². The fraction of sp³-hybridized carbons (Fsp3) is 0.462. The molecular weight excluding hydrogens is 230 g/mol. The van der Waals surface area contributed by atoms with E-state index in [2.05, 4.69) is 66.2 Å². The lowest BCUT2D eigenvalue weighted by Crippen LogP contribution is -2.15. The predicted octanol–water partition coefficient (Wildman–Crippen LogP) is 3.97. The fourth-order valence-corrected chi connectivity index (χ4v) is 6.15. The lowest BCUT2D eigenvalue weighted by atomic mass is 10.2. The zero-order chi connectivity index (χ0) is 11.6. The Kier molecular flexibility index (Phi) is 3.55. The smallest absolute Gasteiger partial charge is 0.109 e. The van der Waals surface area contributed by atoms with E-state index in [1.807, 2.05) is 0 Å². The highest BCUT2D eigenvalue weighted by Gasteiger charge is 2.36. The van der Waals surface area contributed by atoms with Crippen LogP contribution in [0.1, 0.15) is 12.0 Å². The minimum Gasteiger partial charge on any atom is -0.288 e. The highest BCUT2D eigenvalue weighted by atomic mass is 32.4. The summed E-state index contributed by atoms with van der Waals surface area (Å²) in [6, 6.07) is 10.5. The second-order valence-corrected chi connectivity index (χ2v) is 14.6. The number of benzene rings is 1. The molecule has 0 heterocycles. The molecule has 0 radical (unpaired) electrons. The number of nitrogens with zero attached hydrogens (tertiary/aromatic N) is 1. The van der Waals surface area contributed by atoms with Crippen LogP contribution in [0.5, 0.6) is 0 Å². The van der Waals surface area contributed by atoms with Crippen LogP contribution < -0.4 is 0 Å². The molecule has 1 aliphatic carbocycles. The van der Waals surface area contributed by atoms with Gasteiger partial charge in [0.15, 0.2) is 0 Å². The summed E-state index contributed by atoms with van der Waals surface area (Å²) in [7, 11) is -0.972. The van der Waals surface area contributed by atoms with Gasteiger partial charge in [0.1, 0.15) is 7.22 Å². The van der Waals surface area contributed by atoms with Gasteiger partial charge >= 0.3 is 0 Å². The summed E-state index contributed by atoms with van der Waals surface area (Å²) in [4.78, 5) is 4.69. The maximum Gasteiger partial charge on any atom is 0.109 e. The van der Waals surface area contributed by atoms with Crippen LogP contribution in [0.2, 0.25) is 19.6 Å². The molecule has 0 amide bonds. The first kappa shape index (κ1) is 11.9. The van der Waals surface area contributed by atoms with E-state index in [-0.39, 0.29) is 0 Å². The molecular formula is C13H19NSSi. The minimum absolute atomic E-state index is 0.746. The molecule has 1 atom stereocenters. The van der Waals surface area contributed by atoms with Gasteiger partial charge in [0.2, 0.25) is 0 Å². The number of hydrogen-bond acceptors (Lipinski definition) is 2. The quantitative estimate of drug-likeness (QED) is 0.736. The van der Waals surface area contributed by atoms with E-state index in [9.17, 15) is 0 Å². The first-order valence-electron chi connectivity index (χ1n) is 5.79. The highest BCUT2D eigenvalue weighted by molar-refractivity contribution is 8.29. The monoisotopic (exact) mass is 249 g/mol. The lowest BCUT2D eigenvalue weighted by Gasteiger charge is -2.13. The third-order valence-corrected chi connectivity index (χ3v) is 6.81. The molecule has 0 saturated heterocycles. The van der Waals surface area contributed by atoms with Crippen molar-refractivity contribution in [1.29, 1.82) is 0 Å². The molecule has 1 nitrogen and oxygen atoms in total. The summed E-state index contributed by atoms with van der Waals surface area (Å²) >= 11 is 2.17. The first-order valence-corrected chi connectivity index (χ1v) is 10.9. The topological polar surface area (TPSA) is 12.4 Å². The standard InChI is InChI=1S/C13H19NSSi/c1-16(2,3)15-13-9-12(13)14-10-11-7-5-4-6-8-11/h4-8,13H,9-10H2,1-3H3/b14-12-. The number of aliphatic imine (C=N–C) groups is 1. The maximum atomic E-state index is 4.69. The zero-order valence-electron chi connectivity index (χ0n) is 10.2. The summed E-state index contributed by atoms with van der Waals surface area (Å²) in [5.41, 5.74) is 2.75. The van der Waals surface area contributed by atoms with E-state index in [0.29, 0.717) is 0 Å². The number of rotatable bonds is 4. The third kappa shape index (κ3) is 3.80. The van der Waals surface area contributed by atoms with Gasteiger partial charge in [0.05, 0.1) is 6.54 Å². The van der Waals surface area contributed by atoms with Gasteiger partial charge in [-0.25, -0.2) is 0 Å². The van der Waals surface area contributed by atoms with E-state index >= 15 is 0 Å². The van der Waals surface area contributed by atoms with Gasteiger partial charge in [-0.1, -0.05) is 50.0 Å². The molecule has 1 aromatic carbocycles. The van der Waals surface area contributed by atoms with Crippen LogP contribution in [-0.4, -0.2) is 18.2 Å². The minimum atomic E-state index is -0.972. The summed E-state index contributed by atoms with van der Waals surface area (Å²) in [5.74, 6) is 0. The molecule has 1 aliphatic rings. The average molecular weight is 249 g/mol. The van der Waals surface area contributed by atoms with Crippen LogP contribution in [-0.2, 0) is 6.54 Å². The summed E-state index contributed by atoms with van der Waals surface area (Å²) in [5, 5.41) is 0.746. The van der Waals surface area contributed by atoms with Gasteiger partial charge in [0, 0.05) is 17.4 Å². The normalized spacial score (nSPS) is 22.4. The third-order valence-electron chi connectivity index (χ3n) is 2.41. The van der Waals surface area contributed by atoms with Gasteiger partial charge in [-0.05, 0) is 5.56 Å². The van der Waals surface area contributed by atoms with E-state index in [0.717, 1.165) is 11.8 Å². The zero-order valence-corrected chi connectivity index (χ0v) is 12.1. The Morgan fingerprint density at radius 3 is 2.56 bits per heavy atom. The average Bonchev–Trinajstić information content (AvgIpc) is 2.92. The Morgan fingerprint density at radius 1 is 1.25 bits per heavy atom. The molecule has 86 valence electrons. The van der Waals surface area contributed by atoms with Crippen molar-refractivity contribution in [3.63, 3.8) is 0 Å². The molecule has 16 heavy (non-hydrogen) atoms. The summed E-state index contributed by atoms with van der Waals surface area (Å²) in [6.45, 7) is 8.08. The molecule has 1 fully saturated rings. The molecule has 2 rings (SSSR count). The molecule has 0 spiro atoms. The Balaban J connectivity index is 1.84. The van der Waals surface area contributed by atoms with Gasteiger partial charge in [0.25, 0.3) is 0 Å². The van der Waals surface area contributed by atoms with Crippen LogP contribution in [0.4, 0.5) is 0 Å². The molecule has 1 aromatic rings. The molecule has 3 heteroatoms. The summed E-state index contributed by atoms with van der Waals surface area (Å²) < 4.78 is 0. The summed E-state index contributed by atoms with van der Waals surface area (Å²) in [6.07, 6.45) is 1.22. The molecule has 0 bridgehead atoms. The molecule has 1 saturated carbocycles. The van der Waals surface area contributed by atoms with Crippen molar-refractivity contribution in [2.75, 3.05) is 0 Å². The van der Waals surface area contributed by atoms with Gasteiger partial charge in [-0.3, -0.25) is 4.99 Å². The van der Waals surface area contributed by atoms with Crippen LogP contribution in [0.15, 0.2) is 35.3 Å². The SMILES string of the molecule is C[Si](C)(C)SC1C/C1=N/Cc1ccccc1. The molecule has 1 unspecified atom stereocenters. The molecule has 0 N–H and O–H groups in total. The van der Waals surface area contributed by atoms with Crippen LogP contribution in [0, 0.1) is 0 Å². The van der Waals surface area contributed by atoms with E-state index in [4.69, 9.17) is 0 Å². The second kappa shape index (κ2) is 4.76. The Hall–Kier alpha value is -0.543.